The summed E-state index contributed by atoms with van der Waals surface area (Å²) in [5.41, 5.74) is 1.42. The fourth-order valence-electron chi connectivity index (χ4n) is 4.60. The van der Waals surface area contributed by atoms with Crippen LogP contribution in [0.1, 0.15) is 71.9 Å². The van der Waals surface area contributed by atoms with Crippen molar-refractivity contribution in [1.82, 2.24) is 5.32 Å². The number of carbonyl (C=O) groups is 3. The minimum atomic E-state index is -0.703. The predicted molar refractivity (Wildman–Crippen MR) is 148 cm³/mol. The topological polar surface area (TPSA) is 114 Å². The normalized spacial score (nSPS) is 14.5. The van der Waals surface area contributed by atoms with Gasteiger partial charge >= 0.3 is 18.0 Å². The van der Waals surface area contributed by atoms with Crippen LogP contribution in [0, 0.1) is 11.8 Å². The lowest BCUT2D eigenvalue weighted by molar-refractivity contribution is -0.151. The first-order chi connectivity index (χ1) is 17.8. The molecule has 3 N–H and O–H groups in total. The van der Waals surface area contributed by atoms with Gasteiger partial charge in [-0.3, -0.25) is 9.59 Å². The summed E-state index contributed by atoms with van der Waals surface area (Å²) < 4.78 is 10.2. The van der Waals surface area contributed by atoms with Crippen molar-refractivity contribution in [2.45, 2.75) is 71.8 Å². The number of aromatic hydroxyl groups is 1. The molecule has 0 aromatic heterocycles. The predicted octanol–water partition coefficient (Wildman–Crippen LogP) is 5.89. The van der Waals surface area contributed by atoms with Crippen LogP contribution in [0.3, 0.4) is 0 Å². The van der Waals surface area contributed by atoms with E-state index in [1.54, 1.807) is 26.0 Å². The average Bonchev–Trinajstić information content (AvgIpc) is 2.88. The third-order valence-corrected chi connectivity index (χ3v) is 7.17. The number of rotatable bonds is 12. The molecule has 3 unspecified atom stereocenters. The molecule has 0 aliphatic carbocycles. The summed E-state index contributed by atoms with van der Waals surface area (Å²) in [7, 11) is 1.35. The number of urea groups is 1. The number of benzene rings is 2. The number of phenols is 1. The first-order valence-electron chi connectivity index (χ1n) is 13.1. The molecule has 8 heteroatoms. The van der Waals surface area contributed by atoms with E-state index in [4.69, 9.17) is 9.47 Å². The van der Waals surface area contributed by atoms with E-state index < -0.39 is 17.4 Å². The Morgan fingerprint density at radius 1 is 0.974 bits per heavy atom. The Bertz CT molecular complexity index is 1100. The number of methoxy groups -OCH3 is 1. The van der Waals surface area contributed by atoms with Crippen molar-refractivity contribution in [3.63, 3.8) is 0 Å². The molecule has 0 aliphatic heterocycles. The van der Waals surface area contributed by atoms with Crippen molar-refractivity contribution in [2.75, 3.05) is 19.0 Å². The maximum Gasteiger partial charge on any atom is 0.319 e. The van der Waals surface area contributed by atoms with E-state index in [-0.39, 0.29) is 35.7 Å². The zero-order valence-corrected chi connectivity index (χ0v) is 23.6. The van der Waals surface area contributed by atoms with E-state index in [0.29, 0.717) is 18.5 Å². The quantitative estimate of drug-likeness (QED) is 0.235. The molecule has 208 valence electrons. The highest BCUT2D eigenvalue weighted by Gasteiger charge is 2.35. The Morgan fingerprint density at radius 3 is 2.18 bits per heavy atom. The number of nitrogens with one attached hydrogen (secondary N) is 2. The molecule has 2 aromatic carbocycles. The monoisotopic (exact) mass is 526 g/mol. The maximum absolute atomic E-state index is 12.9. The number of ether oxygens (including phenoxy) is 2. The van der Waals surface area contributed by atoms with E-state index in [1.165, 1.54) is 19.2 Å². The Labute approximate surface area is 226 Å². The van der Waals surface area contributed by atoms with E-state index >= 15 is 0 Å². The first-order valence-corrected chi connectivity index (χ1v) is 13.1. The van der Waals surface area contributed by atoms with Gasteiger partial charge in [-0.05, 0) is 80.8 Å². The largest absolute Gasteiger partial charge is 0.508 e. The van der Waals surface area contributed by atoms with Crippen molar-refractivity contribution in [2.24, 2.45) is 11.8 Å². The summed E-state index contributed by atoms with van der Waals surface area (Å²) in [6.45, 7) is 11.8. The van der Waals surface area contributed by atoms with Crippen LogP contribution in [0.25, 0.3) is 0 Å². The van der Waals surface area contributed by atoms with Gasteiger partial charge in [0, 0.05) is 5.69 Å². The number of amides is 2. The fourth-order valence-corrected chi connectivity index (χ4v) is 4.60. The smallest absolute Gasteiger partial charge is 0.319 e. The van der Waals surface area contributed by atoms with Gasteiger partial charge in [-0.2, -0.15) is 0 Å². The van der Waals surface area contributed by atoms with E-state index in [2.05, 4.69) is 30.5 Å². The highest BCUT2D eigenvalue weighted by atomic mass is 16.5. The second-order valence-electron chi connectivity index (χ2n) is 10.6. The second-order valence-corrected chi connectivity index (χ2v) is 10.6. The molecule has 0 saturated carbocycles. The molecule has 0 fully saturated rings. The van der Waals surface area contributed by atoms with Gasteiger partial charge in [0.05, 0.1) is 31.1 Å². The van der Waals surface area contributed by atoms with Crippen LogP contribution in [-0.4, -0.2) is 36.8 Å². The van der Waals surface area contributed by atoms with Gasteiger partial charge in [-0.15, -0.1) is 0 Å². The van der Waals surface area contributed by atoms with Crippen LogP contribution in [0.4, 0.5) is 10.5 Å². The zero-order valence-electron chi connectivity index (χ0n) is 23.6. The van der Waals surface area contributed by atoms with Crippen molar-refractivity contribution in [3.05, 3.63) is 59.7 Å². The fraction of sp³-hybridized carbons (Fsp3) is 0.500. The second kappa shape index (κ2) is 13.3. The third-order valence-electron chi connectivity index (χ3n) is 7.17. The standard InChI is InChI=1S/C30H42N2O6/c1-8-30(6,19-21(27(35)38-9-2)17-20(3)26(34)37-7)23-12-10-11-22(18-23)29(4,5)32-28(36)31-24-13-15-25(33)16-14-24/h10-16,18,20-21,33H,8-9,17,19H2,1-7H3,(H2,31,32,36). The molecule has 38 heavy (non-hydrogen) atoms. The van der Waals surface area contributed by atoms with Gasteiger partial charge in [0.2, 0.25) is 0 Å². The van der Waals surface area contributed by atoms with Crippen molar-refractivity contribution in [3.8, 4) is 5.75 Å². The SMILES string of the molecule is CCOC(=O)C(CC(C)C(=O)OC)CC(C)(CC)c1cccc(C(C)(C)NC(=O)Nc2ccc(O)cc2)c1. The molecular weight excluding hydrogens is 484 g/mol. The van der Waals surface area contributed by atoms with Crippen LogP contribution >= 0.6 is 0 Å². The number of anilines is 1. The van der Waals surface area contributed by atoms with Gasteiger partial charge < -0.3 is 25.2 Å². The number of hydrogen-bond donors (Lipinski definition) is 3. The van der Waals surface area contributed by atoms with Crippen LogP contribution in [0.5, 0.6) is 5.75 Å². The van der Waals surface area contributed by atoms with Gasteiger partial charge in [0.1, 0.15) is 5.75 Å². The molecule has 2 amide bonds. The maximum atomic E-state index is 12.9. The van der Waals surface area contributed by atoms with E-state index in [1.807, 2.05) is 32.0 Å². The molecule has 2 aromatic rings. The molecule has 0 radical (unpaired) electrons. The summed E-state index contributed by atoms with van der Waals surface area (Å²) in [4.78, 5) is 37.7. The summed E-state index contributed by atoms with van der Waals surface area (Å²) in [5, 5.41) is 15.3. The third kappa shape index (κ3) is 8.23. The van der Waals surface area contributed by atoms with Crippen molar-refractivity contribution < 1.29 is 29.0 Å². The highest BCUT2D eigenvalue weighted by Crippen LogP contribution is 2.38. The molecular formula is C30H42N2O6. The summed E-state index contributed by atoms with van der Waals surface area (Å²) in [5.74, 6) is -1.45. The molecule has 0 heterocycles. The Hall–Kier alpha value is -3.55. The van der Waals surface area contributed by atoms with Gasteiger partial charge in [-0.25, -0.2) is 4.79 Å². The molecule has 0 spiro atoms. The molecule has 0 bridgehead atoms. The summed E-state index contributed by atoms with van der Waals surface area (Å²) in [6, 6.07) is 13.9. The van der Waals surface area contributed by atoms with E-state index in [0.717, 1.165) is 17.5 Å². The lowest BCUT2D eigenvalue weighted by atomic mass is 9.71. The molecule has 2 rings (SSSR count). The summed E-state index contributed by atoms with van der Waals surface area (Å²) >= 11 is 0. The number of esters is 2. The first kappa shape index (κ1) is 30.7. The van der Waals surface area contributed by atoms with Crippen LogP contribution in [0.15, 0.2) is 48.5 Å². The highest BCUT2D eigenvalue weighted by molar-refractivity contribution is 5.89. The van der Waals surface area contributed by atoms with Crippen molar-refractivity contribution in [1.29, 1.82) is 0 Å². The van der Waals surface area contributed by atoms with Gasteiger partial charge in [-0.1, -0.05) is 45.0 Å². The minimum absolute atomic E-state index is 0.122. The van der Waals surface area contributed by atoms with E-state index in [9.17, 15) is 19.5 Å². The molecule has 0 saturated heterocycles. The van der Waals surface area contributed by atoms with Crippen LogP contribution in [0.2, 0.25) is 0 Å². The number of phenolic OH excluding ortho intramolecular Hbond substituents is 1. The summed E-state index contributed by atoms with van der Waals surface area (Å²) in [6.07, 6.45) is 1.60. The Balaban J connectivity index is 2.27. The van der Waals surface area contributed by atoms with Crippen molar-refractivity contribution >= 4 is 23.7 Å². The minimum Gasteiger partial charge on any atom is -0.508 e. The molecule has 8 nitrogen and oxygen atoms in total. The number of carbonyl (C=O) groups excluding carboxylic acids is 3. The Morgan fingerprint density at radius 2 is 1.61 bits per heavy atom. The average molecular weight is 527 g/mol. The molecule has 3 atom stereocenters. The van der Waals surface area contributed by atoms with Crippen LogP contribution in [-0.2, 0) is 30.0 Å². The molecule has 0 aliphatic rings. The lowest BCUT2D eigenvalue weighted by Crippen LogP contribution is -2.43. The Kier molecular flexibility index (Phi) is 10.7. The zero-order chi connectivity index (χ0) is 28.5. The van der Waals surface area contributed by atoms with Crippen LogP contribution < -0.4 is 10.6 Å². The van der Waals surface area contributed by atoms with Gasteiger partial charge in [0.25, 0.3) is 0 Å². The number of hydrogen-bond acceptors (Lipinski definition) is 6. The lowest BCUT2D eigenvalue weighted by Gasteiger charge is -2.35. The van der Waals surface area contributed by atoms with Gasteiger partial charge in [0.15, 0.2) is 0 Å².